The maximum Gasteiger partial charge on any atom is 0.214 e. The molecule has 0 unspecified atom stereocenters. The van der Waals surface area contributed by atoms with Crippen LogP contribution in [0.2, 0.25) is 0 Å². The number of anilines is 1. The molecule has 4 heteroatoms. The van der Waals surface area contributed by atoms with E-state index in [1.54, 1.807) is 17.6 Å². The third-order valence-corrected chi connectivity index (χ3v) is 2.91. The predicted octanol–water partition coefficient (Wildman–Crippen LogP) is 2.26. The zero-order valence-corrected chi connectivity index (χ0v) is 9.04. The van der Waals surface area contributed by atoms with Crippen molar-refractivity contribution in [1.82, 2.24) is 4.98 Å². The zero-order valence-electron chi connectivity index (χ0n) is 8.23. The molecule has 76 valence electrons. The van der Waals surface area contributed by atoms with Gasteiger partial charge in [0.25, 0.3) is 0 Å². The van der Waals surface area contributed by atoms with Crippen LogP contribution in [0.5, 0.6) is 0 Å². The van der Waals surface area contributed by atoms with E-state index >= 15 is 0 Å². The molecule has 0 spiro atoms. The van der Waals surface area contributed by atoms with Crippen LogP contribution in [0.25, 0.3) is 0 Å². The summed E-state index contributed by atoms with van der Waals surface area (Å²) in [4.78, 5) is 16.1. The van der Waals surface area contributed by atoms with Crippen LogP contribution in [0.3, 0.4) is 0 Å². The Morgan fingerprint density at radius 3 is 2.87 bits per heavy atom. The number of rotatable bonds is 2. The van der Waals surface area contributed by atoms with Gasteiger partial charge in [0.15, 0.2) is 0 Å². The SMILES string of the molecule is Cc1cccnc1C(=O)c1ccsc1N. The highest BCUT2D eigenvalue weighted by Gasteiger charge is 2.15. The third-order valence-electron chi connectivity index (χ3n) is 2.16. The van der Waals surface area contributed by atoms with Crippen molar-refractivity contribution < 1.29 is 4.79 Å². The maximum absolute atomic E-state index is 12.0. The molecule has 0 aromatic carbocycles. The molecule has 3 nitrogen and oxygen atoms in total. The summed E-state index contributed by atoms with van der Waals surface area (Å²) in [5.74, 6) is -0.105. The van der Waals surface area contributed by atoms with Crippen LogP contribution in [0.15, 0.2) is 29.8 Å². The van der Waals surface area contributed by atoms with Crippen molar-refractivity contribution in [2.75, 3.05) is 5.73 Å². The number of aryl methyl sites for hydroxylation is 1. The minimum Gasteiger partial charge on any atom is -0.390 e. The Balaban J connectivity index is 2.46. The molecule has 2 heterocycles. The maximum atomic E-state index is 12.0. The number of nitrogen functional groups attached to an aromatic ring is 1. The van der Waals surface area contributed by atoms with Crippen LogP contribution < -0.4 is 5.73 Å². The second kappa shape index (κ2) is 3.82. The number of nitrogens with two attached hydrogens (primary N) is 1. The van der Waals surface area contributed by atoms with Gasteiger partial charge >= 0.3 is 0 Å². The molecule has 0 aliphatic rings. The van der Waals surface area contributed by atoms with Crippen molar-refractivity contribution in [3.63, 3.8) is 0 Å². The predicted molar refractivity (Wildman–Crippen MR) is 61.1 cm³/mol. The van der Waals surface area contributed by atoms with Gasteiger partial charge in [-0.25, -0.2) is 0 Å². The van der Waals surface area contributed by atoms with Crippen molar-refractivity contribution in [1.29, 1.82) is 0 Å². The van der Waals surface area contributed by atoms with Gasteiger partial charge in [-0.15, -0.1) is 11.3 Å². The lowest BCUT2D eigenvalue weighted by molar-refractivity contribution is 0.103. The van der Waals surface area contributed by atoms with E-state index in [2.05, 4.69) is 4.98 Å². The molecule has 0 fully saturated rings. The highest BCUT2D eigenvalue weighted by atomic mass is 32.1. The lowest BCUT2D eigenvalue weighted by Crippen LogP contribution is -2.06. The monoisotopic (exact) mass is 218 g/mol. The fourth-order valence-electron chi connectivity index (χ4n) is 1.36. The summed E-state index contributed by atoms with van der Waals surface area (Å²) < 4.78 is 0. The van der Waals surface area contributed by atoms with Crippen LogP contribution >= 0.6 is 11.3 Å². The quantitative estimate of drug-likeness (QED) is 0.787. The first kappa shape index (κ1) is 9.86. The van der Waals surface area contributed by atoms with E-state index in [0.717, 1.165) is 5.56 Å². The van der Waals surface area contributed by atoms with Crippen molar-refractivity contribution in [3.05, 3.63) is 46.6 Å². The summed E-state index contributed by atoms with van der Waals surface area (Å²) in [6.45, 7) is 1.86. The van der Waals surface area contributed by atoms with Gasteiger partial charge in [-0.05, 0) is 30.0 Å². The summed E-state index contributed by atoms with van der Waals surface area (Å²) in [5, 5.41) is 2.35. The summed E-state index contributed by atoms with van der Waals surface area (Å²) >= 11 is 1.36. The molecule has 0 radical (unpaired) electrons. The van der Waals surface area contributed by atoms with Gasteiger partial charge in [-0.1, -0.05) is 6.07 Å². The van der Waals surface area contributed by atoms with Crippen molar-refractivity contribution >= 4 is 22.1 Å². The van der Waals surface area contributed by atoms with Gasteiger partial charge in [0.1, 0.15) is 5.69 Å². The molecule has 0 aliphatic heterocycles. The van der Waals surface area contributed by atoms with Crippen molar-refractivity contribution in [3.8, 4) is 0 Å². The average molecular weight is 218 g/mol. The molecule has 2 N–H and O–H groups in total. The first-order valence-electron chi connectivity index (χ1n) is 4.49. The number of hydrogen-bond acceptors (Lipinski definition) is 4. The fraction of sp³-hybridized carbons (Fsp3) is 0.0909. The van der Waals surface area contributed by atoms with Gasteiger partial charge < -0.3 is 5.73 Å². The lowest BCUT2D eigenvalue weighted by atomic mass is 10.1. The number of carbonyl (C=O) groups excluding carboxylic acids is 1. The van der Waals surface area contributed by atoms with E-state index in [1.165, 1.54) is 11.3 Å². The number of carbonyl (C=O) groups is 1. The largest absolute Gasteiger partial charge is 0.390 e. The molecule has 0 aliphatic carbocycles. The molecule has 0 amide bonds. The van der Waals surface area contributed by atoms with Gasteiger partial charge in [-0.3, -0.25) is 9.78 Å². The molecule has 0 saturated carbocycles. The highest BCUT2D eigenvalue weighted by Crippen LogP contribution is 2.22. The fourth-order valence-corrected chi connectivity index (χ4v) is 2.00. The smallest absolute Gasteiger partial charge is 0.214 e. The molecule has 2 aromatic rings. The Hall–Kier alpha value is -1.68. The first-order chi connectivity index (χ1) is 7.20. The lowest BCUT2D eigenvalue weighted by Gasteiger charge is -2.02. The molecule has 2 aromatic heterocycles. The van der Waals surface area contributed by atoms with Gasteiger partial charge in [0.2, 0.25) is 5.78 Å². The normalized spacial score (nSPS) is 10.2. The standard InChI is InChI=1S/C11H10N2OS/c1-7-3-2-5-13-9(7)10(14)8-4-6-15-11(8)12/h2-6H,12H2,1H3. The van der Waals surface area contributed by atoms with Crippen LogP contribution in [-0.2, 0) is 0 Å². The minimum atomic E-state index is -0.105. The Morgan fingerprint density at radius 1 is 1.47 bits per heavy atom. The van der Waals surface area contributed by atoms with E-state index in [4.69, 9.17) is 5.73 Å². The van der Waals surface area contributed by atoms with Gasteiger partial charge in [0, 0.05) is 6.20 Å². The number of aromatic nitrogens is 1. The average Bonchev–Trinajstić information content (AvgIpc) is 2.64. The number of ketones is 1. The van der Waals surface area contributed by atoms with Gasteiger partial charge in [-0.2, -0.15) is 0 Å². The van der Waals surface area contributed by atoms with Crippen LogP contribution in [0.4, 0.5) is 5.00 Å². The molecular weight excluding hydrogens is 208 g/mol. The van der Waals surface area contributed by atoms with E-state index in [0.29, 0.717) is 16.3 Å². The highest BCUT2D eigenvalue weighted by molar-refractivity contribution is 7.14. The number of thiophene rings is 1. The van der Waals surface area contributed by atoms with Gasteiger partial charge in [0.05, 0.1) is 10.6 Å². The Kier molecular flexibility index (Phi) is 2.51. The Bertz CT molecular complexity index is 505. The number of pyridine rings is 1. The van der Waals surface area contributed by atoms with Crippen molar-refractivity contribution in [2.24, 2.45) is 0 Å². The van der Waals surface area contributed by atoms with Crippen LogP contribution in [0.1, 0.15) is 21.6 Å². The first-order valence-corrected chi connectivity index (χ1v) is 5.37. The third kappa shape index (κ3) is 1.76. The van der Waals surface area contributed by atoms with Crippen LogP contribution in [0, 0.1) is 6.92 Å². The van der Waals surface area contributed by atoms with E-state index in [-0.39, 0.29) is 5.78 Å². The van der Waals surface area contributed by atoms with E-state index < -0.39 is 0 Å². The molecule has 2 rings (SSSR count). The second-order valence-electron chi connectivity index (χ2n) is 3.20. The number of hydrogen-bond donors (Lipinski definition) is 1. The summed E-state index contributed by atoms with van der Waals surface area (Å²) in [5.41, 5.74) is 7.59. The van der Waals surface area contributed by atoms with Crippen molar-refractivity contribution in [2.45, 2.75) is 6.92 Å². The summed E-state index contributed by atoms with van der Waals surface area (Å²) in [7, 11) is 0. The zero-order chi connectivity index (χ0) is 10.8. The topological polar surface area (TPSA) is 56.0 Å². The molecule has 0 saturated heterocycles. The summed E-state index contributed by atoms with van der Waals surface area (Å²) in [6, 6.07) is 5.41. The second-order valence-corrected chi connectivity index (χ2v) is 4.14. The minimum absolute atomic E-state index is 0.105. The Labute approximate surface area is 91.6 Å². The Morgan fingerprint density at radius 2 is 2.27 bits per heavy atom. The van der Waals surface area contributed by atoms with E-state index in [9.17, 15) is 4.79 Å². The molecule has 0 bridgehead atoms. The molecule has 0 atom stereocenters. The van der Waals surface area contributed by atoms with Crippen LogP contribution in [-0.4, -0.2) is 10.8 Å². The van der Waals surface area contributed by atoms with E-state index in [1.807, 2.05) is 19.1 Å². The molecule has 15 heavy (non-hydrogen) atoms. The summed E-state index contributed by atoms with van der Waals surface area (Å²) in [6.07, 6.45) is 1.61. The molecular formula is C11H10N2OS. The number of nitrogens with zero attached hydrogens (tertiary/aromatic N) is 1.